The fourth-order valence-corrected chi connectivity index (χ4v) is 1.29. The third-order valence-corrected chi connectivity index (χ3v) is 1.93. The summed E-state index contributed by atoms with van der Waals surface area (Å²) in [5.74, 6) is 0.453. The lowest BCUT2D eigenvalue weighted by Gasteiger charge is -2.16. The molecule has 0 spiro atoms. The van der Waals surface area contributed by atoms with E-state index in [0.717, 1.165) is 18.5 Å². The van der Waals surface area contributed by atoms with Crippen LogP contribution >= 0.6 is 0 Å². The van der Waals surface area contributed by atoms with Gasteiger partial charge in [0.05, 0.1) is 0 Å². The topological polar surface area (TPSA) is 50.8 Å². The van der Waals surface area contributed by atoms with Gasteiger partial charge in [0, 0.05) is 25.7 Å². The average molecular weight is 161 g/mol. The Kier molecular flexibility index (Phi) is 2.35. The van der Waals surface area contributed by atoms with E-state index in [9.17, 15) is 0 Å². The Morgan fingerprint density at radius 2 is 1.75 bits per heavy atom. The lowest BCUT2D eigenvalue weighted by molar-refractivity contribution is 0.476. The first-order valence-corrected chi connectivity index (χ1v) is 3.92. The maximum atomic E-state index is 8.66. The monoisotopic (exact) mass is 161 g/mol. The summed E-state index contributed by atoms with van der Waals surface area (Å²) in [5.41, 5.74) is 1.17. The standard InChI is InChI=1S/C9H11N3/c1-12(2)9(7-3-4-7)8(5-10)6-11/h7H,3-4H2,1-2H3. The second-order valence-electron chi connectivity index (χ2n) is 3.15. The fraction of sp³-hybridized carbons (Fsp3) is 0.556. The Morgan fingerprint density at radius 3 is 2.00 bits per heavy atom. The summed E-state index contributed by atoms with van der Waals surface area (Å²) in [6.07, 6.45) is 2.22. The number of allylic oxidation sites excluding steroid dienone is 2. The molecule has 0 heterocycles. The van der Waals surface area contributed by atoms with Crippen LogP contribution in [-0.4, -0.2) is 19.0 Å². The van der Waals surface area contributed by atoms with Crippen molar-refractivity contribution in [1.82, 2.24) is 4.90 Å². The van der Waals surface area contributed by atoms with Crippen LogP contribution in [0.1, 0.15) is 12.8 Å². The smallest absolute Gasteiger partial charge is 0.148 e. The molecule has 1 aliphatic rings. The van der Waals surface area contributed by atoms with E-state index < -0.39 is 0 Å². The molecule has 0 aromatic rings. The van der Waals surface area contributed by atoms with Crippen molar-refractivity contribution < 1.29 is 0 Å². The SMILES string of the molecule is CN(C)C(=C(C#N)C#N)C1CC1. The average Bonchev–Trinajstić information content (AvgIpc) is 2.82. The van der Waals surface area contributed by atoms with Crippen LogP contribution in [0.3, 0.4) is 0 Å². The van der Waals surface area contributed by atoms with Crippen molar-refractivity contribution in [2.75, 3.05) is 14.1 Å². The molecule has 3 nitrogen and oxygen atoms in total. The van der Waals surface area contributed by atoms with Gasteiger partial charge in [0.1, 0.15) is 17.7 Å². The van der Waals surface area contributed by atoms with E-state index in [1.165, 1.54) is 0 Å². The number of hydrogen-bond acceptors (Lipinski definition) is 3. The quantitative estimate of drug-likeness (QED) is 0.573. The minimum atomic E-state index is 0.266. The molecule has 0 atom stereocenters. The maximum Gasteiger partial charge on any atom is 0.148 e. The van der Waals surface area contributed by atoms with E-state index in [1.807, 2.05) is 31.1 Å². The molecule has 0 N–H and O–H groups in total. The summed E-state index contributed by atoms with van der Waals surface area (Å²) in [5, 5.41) is 17.3. The molecule has 62 valence electrons. The van der Waals surface area contributed by atoms with Gasteiger partial charge in [-0.15, -0.1) is 0 Å². The first-order chi connectivity index (χ1) is 5.70. The summed E-state index contributed by atoms with van der Waals surface area (Å²) < 4.78 is 0. The summed E-state index contributed by atoms with van der Waals surface area (Å²) >= 11 is 0. The molecular formula is C9H11N3. The van der Waals surface area contributed by atoms with Crippen molar-refractivity contribution in [2.24, 2.45) is 5.92 Å². The Hall–Kier alpha value is -1.48. The zero-order valence-electron chi connectivity index (χ0n) is 7.33. The van der Waals surface area contributed by atoms with E-state index >= 15 is 0 Å². The summed E-state index contributed by atoms with van der Waals surface area (Å²) in [6.45, 7) is 0. The van der Waals surface area contributed by atoms with Gasteiger partial charge in [-0.3, -0.25) is 0 Å². The van der Waals surface area contributed by atoms with E-state index in [0.29, 0.717) is 5.92 Å². The van der Waals surface area contributed by atoms with Crippen LogP contribution in [0.2, 0.25) is 0 Å². The Morgan fingerprint density at radius 1 is 1.25 bits per heavy atom. The Bertz CT molecular complexity index is 264. The maximum absolute atomic E-state index is 8.66. The molecule has 1 saturated carbocycles. The molecule has 1 rings (SSSR count). The molecular weight excluding hydrogens is 150 g/mol. The molecule has 3 heteroatoms. The van der Waals surface area contributed by atoms with Crippen molar-refractivity contribution >= 4 is 0 Å². The van der Waals surface area contributed by atoms with Gasteiger partial charge in [-0.25, -0.2) is 0 Å². The second-order valence-corrected chi connectivity index (χ2v) is 3.15. The van der Waals surface area contributed by atoms with Crippen LogP contribution in [0, 0.1) is 28.6 Å². The van der Waals surface area contributed by atoms with Crippen molar-refractivity contribution in [3.05, 3.63) is 11.3 Å². The Balaban J connectivity index is 2.98. The van der Waals surface area contributed by atoms with Crippen molar-refractivity contribution in [3.8, 4) is 12.1 Å². The van der Waals surface area contributed by atoms with Gasteiger partial charge in [0.15, 0.2) is 0 Å². The third-order valence-electron chi connectivity index (χ3n) is 1.93. The molecule has 0 amide bonds. The zero-order valence-corrected chi connectivity index (χ0v) is 7.33. The highest BCUT2D eigenvalue weighted by molar-refractivity contribution is 5.41. The highest BCUT2D eigenvalue weighted by atomic mass is 15.1. The Labute approximate surface area is 72.5 Å². The van der Waals surface area contributed by atoms with Crippen molar-refractivity contribution in [2.45, 2.75) is 12.8 Å². The van der Waals surface area contributed by atoms with Crippen LogP contribution in [0.25, 0.3) is 0 Å². The van der Waals surface area contributed by atoms with Crippen LogP contribution < -0.4 is 0 Å². The fourth-order valence-electron chi connectivity index (χ4n) is 1.29. The number of hydrogen-bond donors (Lipinski definition) is 0. The molecule has 0 unspecified atom stereocenters. The number of nitrogens with zero attached hydrogens (tertiary/aromatic N) is 3. The first-order valence-electron chi connectivity index (χ1n) is 3.92. The third kappa shape index (κ3) is 1.57. The molecule has 0 aromatic carbocycles. The molecule has 0 bridgehead atoms. The predicted molar refractivity (Wildman–Crippen MR) is 44.7 cm³/mol. The van der Waals surface area contributed by atoms with Gasteiger partial charge in [0.2, 0.25) is 0 Å². The molecule has 1 aliphatic carbocycles. The van der Waals surface area contributed by atoms with Gasteiger partial charge in [0.25, 0.3) is 0 Å². The molecule has 0 aliphatic heterocycles. The van der Waals surface area contributed by atoms with E-state index in [1.54, 1.807) is 0 Å². The van der Waals surface area contributed by atoms with Crippen LogP contribution in [0.4, 0.5) is 0 Å². The minimum absolute atomic E-state index is 0.266. The first kappa shape index (κ1) is 8.62. The van der Waals surface area contributed by atoms with Gasteiger partial charge in [-0.2, -0.15) is 10.5 Å². The lowest BCUT2D eigenvalue weighted by atomic mass is 10.1. The normalized spacial score (nSPS) is 14.3. The number of rotatable bonds is 2. The summed E-state index contributed by atoms with van der Waals surface area (Å²) in [6, 6.07) is 3.86. The van der Waals surface area contributed by atoms with Crippen molar-refractivity contribution in [3.63, 3.8) is 0 Å². The van der Waals surface area contributed by atoms with Gasteiger partial charge in [-0.1, -0.05) is 0 Å². The zero-order chi connectivity index (χ0) is 9.14. The van der Waals surface area contributed by atoms with Gasteiger partial charge < -0.3 is 4.90 Å². The van der Waals surface area contributed by atoms with Gasteiger partial charge in [-0.05, 0) is 12.8 Å². The molecule has 12 heavy (non-hydrogen) atoms. The van der Waals surface area contributed by atoms with E-state index in [-0.39, 0.29) is 5.57 Å². The van der Waals surface area contributed by atoms with Crippen LogP contribution in [0.5, 0.6) is 0 Å². The highest BCUT2D eigenvalue weighted by Crippen LogP contribution is 2.38. The van der Waals surface area contributed by atoms with E-state index in [2.05, 4.69) is 0 Å². The van der Waals surface area contributed by atoms with Gasteiger partial charge >= 0.3 is 0 Å². The minimum Gasteiger partial charge on any atom is -0.379 e. The van der Waals surface area contributed by atoms with Crippen LogP contribution in [-0.2, 0) is 0 Å². The molecule has 1 fully saturated rings. The van der Waals surface area contributed by atoms with Crippen LogP contribution in [0.15, 0.2) is 11.3 Å². The number of nitriles is 2. The summed E-state index contributed by atoms with van der Waals surface area (Å²) in [4.78, 5) is 1.87. The summed E-state index contributed by atoms with van der Waals surface area (Å²) in [7, 11) is 3.75. The highest BCUT2D eigenvalue weighted by Gasteiger charge is 2.30. The molecule has 0 aromatic heterocycles. The van der Waals surface area contributed by atoms with E-state index in [4.69, 9.17) is 10.5 Å². The molecule has 0 radical (unpaired) electrons. The van der Waals surface area contributed by atoms with Crippen molar-refractivity contribution in [1.29, 1.82) is 10.5 Å². The second kappa shape index (κ2) is 3.28. The molecule has 0 saturated heterocycles. The lowest BCUT2D eigenvalue weighted by Crippen LogP contribution is -2.14. The predicted octanol–water partition coefficient (Wildman–Crippen LogP) is 1.26. The largest absolute Gasteiger partial charge is 0.379 e.